The van der Waals surface area contributed by atoms with E-state index in [1.54, 1.807) is 0 Å². The molecule has 150 valence electrons. The average Bonchev–Trinajstić information content (AvgIpc) is 3.25. The highest BCUT2D eigenvalue weighted by Crippen LogP contribution is 2.28. The number of ether oxygens (including phenoxy) is 1. The highest BCUT2D eigenvalue weighted by Gasteiger charge is 2.28. The number of nitrogens with zero attached hydrogens (tertiary/aromatic N) is 3. The van der Waals surface area contributed by atoms with Crippen molar-refractivity contribution in [2.45, 2.75) is 25.4 Å². The average molecular weight is 456 g/mol. The van der Waals surface area contributed by atoms with Crippen LogP contribution in [-0.2, 0) is 16.1 Å². The highest BCUT2D eigenvalue weighted by molar-refractivity contribution is 9.10. The third kappa shape index (κ3) is 5.10. The molecule has 3 aromatic rings. The minimum absolute atomic E-state index is 0.00159. The van der Waals surface area contributed by atoms with E-state index in [0.29, 0.717) is 24.9 Å². The summed E-state index contributed by atoms with van der Waals surface area (Å²) in [6.07, 6.45) is 1.84. The van der Waals surface area contributed by atoms with Crippen molar-refractivity contribution in [3.63, 3.8) is 0 Å². The third-order valence-corrected chi connectivity index (χ3v) is 5.53. The van der Waals surface area contributed by atoms with Gasteiger partial charge in [0.15, 0.2) is 0 Å². The predicted octanol–water partition coefficient (Wildman–Crippen LogP) is 4.42. The van der Waals surface area contributed by atoms with E-state index in [1.165, 1.54) is 0 Å². The molecule has 29 heavy (non-hydrogen) atoms. The molecular formula is C22H22BrN3O3. The smallest absolute Gasteiger partial charge is 0.248 e. The van der Waals surface area contributed by atoms with Gasteiger partial charge in [-0.1, -0.05) is 51.4 Å². The Kier molecular flexibility index (Phi) is 6.36. The van der Waals surface area contributed by atoms with E-state index in [2.05, 4.69) is 26.1 Å². The van der Waals surface area contributed by atoms with E-state index < -0.39 is 0 Å². The van der Waals surface area contributed by atoms with Crippen LogP contribution < -0.4 is 0 Å². The van der Waals surface area contributed by atoms with Gasteiger partial charge in [-0.25, -0.2) is 0 Å². The molecule has 0 spiro atoms. The zero-order chi connectivity index (χ0) is 20.1. The van der Waals surface area contributed by atoms with Crippen molar-refractivity contribution < 1.29 is 14.1 Å². The summed E-state index contributed by atoms with van der Waals surface area (Å²) in [6.45, 7) is 1.83. The van der Waals surface area contributed by atoms with Crippen LogP contribution >= 0.6 is 15.9 Å². The van der Waals surface area contributed by atoms with Crippen LogP contribution in [0.15, 0.2) is 63.6 Å². The Morgan fingerprint density at radius 2 is 1.97 bits per heavy atom. The molecule has 2 heterocycles. The van der Waals surface area contributed by atoms with Crippen molar-refractivity contribution in [3.8, 4) is 11.4 Å². The first-order chi connectivity index (χ1) is 14.2. The number of piperidine rings is 1. The lowest BCUT2D eigenvalue weighted by atomic mass is 9.98. The first-order valence-electron chi connectivity index (χ1n) is 9.68. The Bertz CT molecular complexity index is 943. The molecule has 1 aliphatic heterocycles. The normalized spacial score (nSPS) is 16.7. The molecule has 1 unspecified atom stereocenters. The molecule has 6 nitrogen and oxygen atoms in total. The Hall–Kier alpha value is -2.51. The number of amides is 1. The Morgan fingerprint density at radius 3 is 2.76 bits per heavy atom. The topological polar surface area (TPSA) is 68.5 Å². The van der Waals surface area contributed by atoms with E-state index in [-0.39, 0.29) is 18.4 Å². The van der Waals surface area contributed by atoms with Crippen molar-refractivity contribution >= 4 is 21.8 Å². The van der Waals surface area contributed by atoms with Crippen LogP contribution in [0.5, 0.6) is 0 Å². The molecule has 7 heteroatoms. The number of aromatic nitrogens is 2. The second kappa shape index (κ2) is 9.33. The second-order valence-electron chi connectivity index (χ2n) is 7.12. The Balaban J connectivity index is 1.33. The summed E-state index contributed by atoms with van der Waals surface area (Å²) in [5.74, 6) is 1.21. The number of carbonyl (C=O) groups is 1. The maximum absolute atomic E-state index is 12.6. The van der Waals surface area contributed by atoms with Crippen LogP contribution in [0.4, 0.5) is 0 Å². The van der Waals surface area contributed by atoms with E-state index in [4.69, 9.17) is 9.26 Å². The Morgan fingerprint density at radius 1 is 1.17 bits per heavy atom. The molecule has 0 aliphatic carbocycles. The van der Waals surface area contributed by atoms with Crippen molar-refractivity contribution in [2.24, 2.45) is 0 Å². The van der Waals surface area contributed by atoms with E-state index in [9.17, 15) is 4.79 Å². The zero-order valence-corrected chi connectivity index (χ0v) is 17.5. The van der Waals surface area contributed by atoms with Crippen LogP contribution in [0.1, 0.15) is 30.2 Å². The molecule has 0 bridgehead atoms. The fraction of sp³-hybridized carbons (Fsp3) is 0.318. The minimum Gasteiger partial charge on any atom is -0.367 e. The fourth-order valence-electron chi connectivity index (χ4n) is 3.44. The number of rotatable bonds is 6. The summed E-state index contributed by atoms with van der Waals surface area (Å²) < 4.78 is 12.1. The molecule has 0 N–H and O–H groups in total. The second-order valence-corrected chi connectivity index (χ2v) is 8.04. The lowest BCUT2D eigenvalue weighted by molar-refractivity contribution is -0.137. The van der Waals surface area contributed by atoms with Gasteiger partial charge in [-0.15, -0.1) is 0 Å². The van der Waals surface area contributed by atoms with Crippen molar-refractivity contribution in [3.05, 3.63) is 70.5 Å². The van der Waals surface area contributed by atoms with Gasteiger partial charge in [0.25, 0.3) is 0 Å². The van der Waals surface area contributed by atoms with Gasteiger partial charge in [0.2, 0.25) is 17.6 Å². The van der Waals surface area contributed by atoms with E-state index in [0.717, 1.165) is 35.0 Å². The van der Waals surface area contributed by atoms with Crippen LogP contribution in [0, 0.1) is 0 Å². The van der Waals surface area contributed by atoms with Gasteiger partial charge in [-0.3, -0.25) is 4.79 Å². The number of hydrogen-bond donors (Lipinski definition) is 0. The highest BCUT2D eigenvalue weighted by atomic mass is 79.9. The molecule has 0 saturated carbocycles. The Labute approximate surface area is 178 Å². The van der Waals surface area contributed by atoms with E-state index in [1.807, 2.05) is 59.5 Å². The largest absolute Gasteiger partial charge is 0.367 e. The predicted molar refractivity (Wildman–Crippen MR) is 112 cm³/mol. The van der Waals surface area contributed by atoms with Crippen LogP contribution in [0.2, 0.25) is 0 Å². The van der Waals surface area contributed by atoms with Gasteiger partial charge < -0.3 is 14.2 Å². The van der Waals surface area contributed by atoms with Gasteiger partial charge in [0, 0.05) is 23.1 Å². The lowest BCUT2D eigenvalue weighted by Crippen LogP contribution is -2.41. The molecule has 1 aliphatic rings. The van der Waals surface area contributed by atoms with Crippen LogP contribution in [0.3, 0.4) is 0 Å². The summed E-state index contributed by atoms with van der Waals surface area (Å²) in [4.78, 5) is 19.0. The van der Waals surface area contributed by atoms with E-state index >= 15 is 0 Å². The number of benzene rings is 2. The maximum atomic E-state index is 12.6. The van der Waals surface area contributed by atoms with Gasteiger partial charge in [0.1, 0.15) is 6.61 Å². The van der Waals surface area contributed by atoms with Crippen molar-refractivity contribution in [2.75, 3.05) is 19.7 Å². The third-order valence-electron chi connectivity index (χ3n) is 5.00. The fourth-order valence-corrected chi connectivity index (χ4v) is 3.71. The summed E-state index contributed by atoms with van der Waals surface area (Å²) >= 11 is 3.43. The molecule has 1 atom stereocenters. The SMILES string of the molecule is O=C(COCc1ccccc1)N1CCCC(c2nc(-c3ccc(Br)cc3)no2)C1. The van der Waals surface area contributed by atoms with Crippen LogP contribution in [-0.4, -0.2) is 40.6 Å². The summed E-state index contributed by atoms with van der Waals surface area (Å²) in [5, 5.41) is 4.11. The first-order valence-corrected chi connectivity index (χ1v) is 10.5. The van der Waals surface area contributed by atoms with Gasteiger partial charge in [0.05, 0.1) is 12.5 Å². The molecule has 1 saturated heterocycles. The van der Waals surface area contributed by atoms with Gasteiger partial charge >= 0.3 is 0 Å². The number of likely N-dealkylation sites (tertiary alicyclic amines) is 1. The number of hydrogen-bond acceptors (Lipinski definition) is 5. The maximum Gasteiger partial charge on any atom is 0.248 e. The molecule has 1 amide bonds. The monoisotopic (exact) mass is 455 g/mol. The van der Waals surface area contributed by atoms with Crippen molar-refractivity contribution in [1.29, 1.82) is 0 Å². The molecule has 1 aromatic heterocycles. The summed E-state index contributed by atoms with van der Waals surface area (Å²) in [5.41, 5.74) is 1.96. The molecule has 0 radical (unpaired) electrons. The quantitative estimate of drug-likeness (QED) is 0.549. The molecule has 1 fully saturated rings. The van der Waals surface area contributed by atoms with Crippen molar-refractivity contribution in [1.82, 2.24) is 15.0 Å². The van der Waals surface area contributed by atoms with Crippen LogP contribution in [0.25, 0.3) is 11.4 Å². The molecular weight excluding hydrogens is 434 g/mol. The standard InChI is InChI=1S/C22H22BrN3O3/c23-19-10-8-17(9-11-19)21-24-22(29-25-21)18-7-4-12-26(13-18)20(27)15-28-14-16-5-2-1-3-6-16/h1-3,5-6,8-11,18H,4,7,12-15H2. The summed E-state index contributed by atoms with van der Waals surface area (Å²) in [7, 11) is 0. The zero-order valence-electron chi connectivity index (χ0n) is 16.0. The van der Waals surface area contributed by atoms with Gasteiger partial charge in [-0.05, 0) is 42.7 Å². The first kappa shape index (κ1) is 19.8. The van der Waals surface area contributed by atoms with Gasteiger partial charge in [-0.2, -0.15) is 4.98 Å². The number of carbonyl (C=O) groups excluding carboxylic acids is 1. The lowest BCUT2D eigenvalue weighted by Gasteiger charge is -2.31. The summed E-state index contributed by atoms with van der Waals surface area (Å²) in [6, 6.07) is 17.6. The molecule has 4 rings (SSSR count). The number of halogens is 1. The minimum atomic E-state index is -0.00159. The molecule has 2 aromatic carbocycles.